The maximum atomic E-state index is 6.11. The zero-order valence-electron chi connectivity index (χ0n) is 22.8. The number of fused-ring (bicyclic) bond motifs is 4. The van der Waals surface area contributed by atoms with Crippen molar-refractivity contribution in [2.24, 2.45) is 0 Å². The van der Waals surface area contributed by atoms with Crippen molar-refractivity contribution in [2.45, 2.75) is 33.6 Å². The van der Waals surface area contributed by atoms with Gasteiger partial charge in [-0.1, -0.05) is 107 Å². The maximum absolute atomic E-state index is 6.11. The molecular weight excluding hydrogens is 476 g/mol. The van der Waals surface area contributed by atoms with Crippen molar-refractivity contribution in [3.8, 4) is 28.2 Å². The van der Waals surface area contributed by atoms with Crippen LogP contribution in [0.15, 0.2) is 120 Å². The van der Waals surface area contributed by atoms with Crippen LogP contribution in [0.2, 0.25) is 0 Å². The van der Waals surface area contributed by atoms with E-state index in [1.54, 1.807) is 0 Å². The van der Waals surface area contributed by atoms with E-state index in [0.29, 0.717) is 5.92 Å². The summed E-state index contributed by atoms with van der Waals surface area (Å²) in [6, 6.07) is 40.4. The van der Waals surface area contributed by atoms with Crippen molar-refractivity contribution in [2.75, 3.05) is 0 Å². The second-order valence-corrected chi connectivity index (χ2v) is 9.83. The first-order chi connectivity index (χ1) is 19.2. The lowest BCUT2D eigenvalue weighted by Gasteiger charge is -2.17. The average Bonchev–Trinajstić information content (AvgIpc) is 3.56. The number of hydrogen-bond donors (Lipinski definition) is 0. The summed E-state index contributed by atoms with van der Waals surface area (Å²) >= 11 is 0. The van der Waals surface area contributed by atoms with Gasteiger partial charge >= 0.3 is 0 Å². The van der Waals surface area contributed by atoms with Gasteiger partial charge in [-0.15, -0.1) is 0 Å². The Kier molecular flexibility index (Phi) is 6.50. The minimum absolute atomic E-state index is 0.417. The van der Waals surface area contributed by atoms with Crippen LogP contribution in [0.1, 0.15) is 39.2 Å². The van der Waals surface area contributed by atoms with Gasteiger partial charge in [-0.3, -0.25) is 4.57 Å². The zero-order valence-corrected chi connectivity index (χ0v) is 22.8. The molecule has 7 rings (SSSR count). The lowest BCUT2D eigenvalue weighted by Crippen LogP contribution is -2.00. The third kappa shape index (κ3) is 4.21. The summed E-state index contributed by atoms with van der Waals surface area (Å²) < 4.78 is 8.40. The van der Waals surface area contributed by atoms with Crippen LogP contribution in [0.25, 0.3) is 61.2 Å². The Bertz CT molecular complexity index is 1920. The van der Waals surface area contributed by atoms with E-state index in [0.717, 1.165) is 50.0 Å². The van der Waals surface area contributed by atoms with Gasteiger partial charge in [-0.25, -0.2) is 4.98 Å². The van der Waals surface area contributed by atoms with Gasteiger partial charge in [0.05, 0.1) is 11.0 Å². The molecule has 0 unspecified atom stereocenters. The van der Waals surface area contributed by atoms with Crippen LogP contribution in [0.5, 0.6) is 0 Å². The van der Waals surface area contributed by atoms with Crippen LogP contribution in [-0.4, -0.2) is 9.55 Å². The van der Waals surface area contributed by atoms with Gasteiger partial charge in [-0.2, -0.15) is 0 Å². The first-order valence-electron chi connectivity index (χ1n) is 13.8. The van der Waals surface area contributed by atoms with Gasteiger partial charge in [0.15, 0.2) is 0 Å². The molecule has 192 valence electrons. The monoisotopic (exact) mass is 508 g/mol. The van der Waals surface area contributed by atoms with Crippen LogP contribution >= 0.6 is 0 Å². The summed E-state index contributed by atoms with van der Waals surface area (Å²) in [5.74, 6) is 1.35. The SMILES string of the molecule is CC.CC(C)c1ccccc1-c1ccccc1-c1nc2ccccc2n1-c1ccc2oc3ccccc3c2c1. The molecule has 0 bridgehead atoms. The number of imidazole rings is 1. The number of rotatable bonds is 4. The fraction of sp³-hybridized carbons (Fsp3) is 0.139. The summed E-state index contributed by atoms with van der Waals surface area (Å²) in [6.45, 7) is 8.50. The normalized spacial score (nSPS) is 11.3. The molecule has 0 saturated carbocycles. The van der Waals surface area contributed by atoms with Crippen molar-refractivity contribution >= 4 is 33.0 Å². The minimum atomic E-state index is 0.417. The molecule has 2 heterocycles. The highest BCUT2D eigenvalue weighted by Gasteiger charge is 2.20. The summed E-state index contributed by atoms with van der Waals surface area (Å²) in [4.78, 5) is 5.19. The second kappa shape index (κ2) is 10.3. The van der Waals surface area contributed by atoms with Crippen molar-refractivity contribution in [1.29, 1.82) is 0 Å². The van der Waals surface area contributed by atoms with Gasteiger partial charge in [0, 0.05) is 22.0 Å². The fourth-order valence-corrected chi connectivity index (χ4v) is 5.48. The van der Waals surface area contributed by atoms with Crippen molar-refractivity contribution in [3.05, 3.63) is 121 Å². The largest absolute Gasteiger partial charge is 0.456 e. The number of para-hydroxylation sites is 3. The summed E-state index contributed by atoms with van der Waals surface area (Å²) in [5.41, 5.74) is 9.81. The van der Waals surface area contributed by atoms with E-state index < -0.39 is 0 Å². The van der Waals surface area contributed by atoms with Crippen molar-refractivity contribution in [1.82, 2.24) is 9.55 Å². The molecule has 2 aromatic heterocycles. The molecule has 3 heteroatoms. The van der Waals surface area contributed by atoms with Crippen LogP contribution in [-0.2, 0) is 0 Å². The molecule has 0 saturated heterocycles. The molecule has 0 aliphatic rings. The Morgan fingerprint density at radius 2 is 1.26 bits per heavy atom. The first-order valence-corrected chi connectivity index (χ1v) is 13.8. The van der Waals surface area contributed by atoms with E-state index in [9.17, 15) is 0 Å². The highest BCUT2D eigenvalue weighted by atomic mass is 16.3. The third-order valence-electron chi connectivity index (χ3n) is 7.22. The van der Waals surface area contributed by atoms with E-state index >= 15 is 0 Å². The molecule has 7 aromatic rings. The average molecular weight is 509 g/mol. The summed E-state index contributed by atoms with van der Waals surface area (Å²) in [7, 11) is 0. The molecule has 0 fully saturated rings. The van der Waals surface area contributed by atoms with Gasteiger partial charge < -0.3 is 4.42 Å². The molecule has 3 nitrogen and oxygen atoms in total. The molecule has 0 spiro atoms. The van der Waals surface area contributed by atoms with Crippen molar-refractivity contribution < 1.29 is 4.42 Å². The predicted octanol–water partition coefficient (Wildman–Crippen LogP) is 10.4. The number of furan rings is 1. The van der Waals surface area contributed by atoms with E-state index in [1.165, 1.54) is 16.7 Å². The Balaban J connectivity index is 0.00000135. The quantitative estimate of drug-likeness (QED) is 0.237. The standard InChI is InChI=1S/C34H26N2O.C2H6/c1-22(2)24-11-3-4-12-25(24)26-13-5-6-15-28(26)34-35-30-16-8-9-17-31(30)36(34)23-19-20-33-29(21-23)27-14-7-10-18-32(27)37-33;1-2/h3-22H,1-2H3;1-2H3. The van der Waals surface area contributed by atoms with Gasteiger partial charge in [0.2, 0.25) is 0 Å². The Labute approximate surface area is 229 Å². The topological polar surface area (TPSA) is 31.0 Å². The molecular formula is C36H32N2O. The number of hydrogen-bond acceptors (Lipinski definition) is 2. The van der Waals surface area contributed by atoms with Gasteiger partial charge in [-0.05, 0) is 59.0 Å². The molecule has 0 atom stereocenters. The van der Waals surface area contributed by atoms with E-state index in [1.807, 2.05) is 26.0 Å². The number of nitrogens with zero attached hydrogens (tertiary/aromatic N) is 2. The van der Waals surface area contributed by atoms with E-state index in [2.05, 4.69) is 122 Å². The molecule has 0 aliphatic heterocycles. The predicted molar refractivity (Wildman–Crippen MR) is 165 cm³/mol. The highest BCUT2D eigenvalue weighted by molar-refractivity contribution is 6.05. The van der Waals surface area contributed by atoms with Gasteiger partial charge in [0.1, 0.15) is 17.0 Å². The molecule has 5 aromatic carbocycles. The highest BCUT2D eigenvalue weighted by Crippen LogP contribution is 2.39. The Morgan fingerprint density at radius 3 is 2.08 bits per heavy atom. The Hall–Kier alpha value is -4.63. The van der Waals surface area contributed by atoms with Crippen LogP contribution < -0.4 is 0 Å². The smallest absolute Gasteiger partial charge is 0.146 e. The second-order valence-electron chi connectivity index (χ2n) is 9.83. The van der Waals surface area contributed by atoms with E-state index in [-0.39, 0.29) is 0 Å². The summed E-state index contributed by atoms with van der Waals surface area (Å²) in [5, 5.41) is 2.23. The maximum Gasteiger partial charge on any atom is 0.146 e. The molecule has 0 amide bonds. The minimum Gasteiger partial charge on any atom is -0.456 e. The van der Waals surface area contributed by atoms with Crippen LogP contribution in [0.3, 0.4) is 0 Å². The lowest BCUT2D eigenvalue weighted by atomic mass is 9.90. The molecule has 39 heavy (non-hydrogen) atoms. The van der Waals surface area contributed by atoms with Gasteiger partial charge in [0.25, 0.3) is 0 Å². The van der Waals surface area contributed by atoms with E-state index in [4.69, 9.17) is 9.40 Å². The summed E-state index contributed by atoms with van der Waals surface area (Å²) in [6.07, 6.45) is 0. The van der Waals surface area contributed by atoms with Crippen LogP contribution in [0, 0.1) is 0 Å². The van der Waals surface area contributed by atoms with Crippen LogP contribution in [0.4, 0.5) is 0 Å². The first kappa shape index (κ1) is 24.7. The molecule has 0 radical (unpaired) electrons. The van der Waals surface area contributed by atoms with Crippen molar-refractivity contribution in [3.63, 3.8) is 0 Å². The lowest BCUT2D eigenvalue weighted by molar-refractivity contribution is 0.669. The fourth-order valence-electron chi connectivity index (χ4n) is 5.48. The molecule has 0 aliphatic carbocycles. The zero-order chi connectivity index (χ0) is 26.9. The molecule has 0 N–H and O–H groups in total. The Morgan fingerprint density at radius 1 is 0.615 bits per heavy atom. The third-order valence-corrected chi connectivity index (χ3v) is 7.22. The number of benzene rings is 5. The number of aromatic nitrogens is 2.